The summed E-state index contributed by atoms with van der Waals surface area (Å²) in [5.41, 5.74) is 2.09. The third-order valence-electron chi connectivity index (χ3n) is 5.25. The van der Waals surface area contributed by atoms with E-state index in [1.54, 1.807) is 19.3 Å². The number of nitrogens with zero attached hydrogens (tertiary/aromatic N) is 6. The molecule has 29 heavy (non-hydrogen) atoms. The average Bonchev–Trinajstić information content (AvgIpc) is 3.06. The molecule has 1 aliphatic carbocycles. The van der Waals surface area contributed by atoms with Crippen molar-refractivity contribution < 1.29 is 13.2 Å². The summed E-state index contributed by atoms with van der Waals surface area (Å²) >= 11 is 0. The average molecular weight is 417 g/mol. The van der Waals surface area contributed by atoms with Crippen molar-refractivity contribution in [2.45, 2.75) is 46.3 Å². The lowest BCUT2D eigenvalue weighted by molar-refractivity contribution is 0.0722. The van der Waals surface area contributed by atoms with Crippen LogP contribution in [0.2, 0.25) is 0 Å². The molecule has 0 atom stereocenters. The maximum atomic E-state index is 11.8. The van der Waals surface area contributed by atoms with E-state index >= 15 is 0 Å². The number of aryl methyl sites for hydroxylation is 2. The van der Waals surface area contributed by atoms with Gasteiger partial charge in [-0.05, 0) is 32.6 Å². The second-order valence-corrected chi connectivity index (χ2v) is 9.72. The van der Waals surface area contributed by atoms with Gasteiger partial charge in [-0.3, -0.25) is 0 Å². The molecule has 0 saturated heterocycles. The van der Waals surface area contributed by atoms with Gasteiger partial charge in [0.05, 0.1) is 11.3 Å². The highest BCUT2D eigenvalue weighted by Crippen LogP contribution is 2.34. The van der Waals surface area contributed by atoms with Gasteiger partial charge in [-0.25, -0.2) is 28.4 Å². The molecule has 154 valence electrons. The van der Waals surface area contributed by atoms with Crippen molar-refractivity contribution in [2.24, 2.45) is 5.92 Å². The molecule has 0 radical (unpaired) electrons. The minimum atomic E-state index is -2.96. The first kappa shape index (κ1) is 19.7. The van der Waals surface area contributed by atoms with Crippen LogP contribution in [0.5, 0.6) is 5.88 Å². The van der Waals surface area contributed by atoms with Gasteiger partial charge in [0.2, 0.25) is 5.88 Å². The first-order chi connectivity index (χ1) is 13.9. The molecule has 0 aliphatic heterocycles. The third kappa shape index (κ3) is 3.93. The molecule has 3 aromatic rings. The van der Waals surface area contributed by atoms with Crippen molar-refractivity contribution in [1.82, 2.24) is 29.5 Å². The van der Waals surface area contributed by atoms with E-state index in [9.17, 15) is 8.42 Å². The summed E-state index contributed by atoms with van der Waals surface area (Å²) in [6, 6.07) is 0. The van der Waals surface area contributed by atoms with E-state index in [0.29, 0.717) is 48.1 Å². The van der Waals surface area contributed by atoms with Crippen molar-refractivity contribution in [3.63, 3.8) is 0 Å². The number of aromatic nitrogens is 6. The first-order valence-corrected chi connectivity index (χ1v) is 11.6. The fourth-order valence-corrected chi connectivity index (χ4v) is 4.80. The minimum Gasteiger partial charge on any atom is -0.473 e. The Morgan fingerprint density at radius 2 is 1.86 bits per heavy atom. The van der Waals surface area contributed by atoms with Crippen LogP contribution in [0.1, 0.15) is 32.5 Å². The van der Waals surface area contributed by atoms with Crippen LogP contribution in [0.4, 0.5) is 0 Å². The number of sulfone groups is 1. The van der Waals surface area contributed by atoms with E-state index in [4.69, 9.17) is 9.72 Å². The number of ether oxygens (including phenoxy) is 1. The number of rotatable bonds is 7. The summed E-state index contributed by atoms with van der Waals surface area (Å²) in [6.07, 6.45) is 6.32. The summed E-state index contributed by atoms with van der Waals surface area (Å²) in [6.45, 7) is 6.21. The summed E-state index contributed by atoms with van der Waals surface area (Å²) in [7, 11) is -2.96. The highest BCUT2D eigenvalue weighted by atomic mass is 32.2. The van der Waals surface area contributed by atoms with Gasteiger partial charge >= 0.3 is 0 Å². The van der Waals surface area contributed by atoms with Crippen LogP contribution in [-0.2, 0) is 16.4 Å². The Labute approximate surface area is 169 Å². The molecule has 0 amide bonds. The molecule has 4 rings (SSSR count). The molecule has 1 saturated carbocycles. The van der Waals surface area contributed by atoms with Gasteiger partial charge in [-0.15, -0.1) is 0 Å². The zero-order valence-electron chi connectivity index (χ0n) is 16.7. The molecular formula is C19H24N6O3S. The molecule has 3 aromatic heterocycles. The lowest BCUT2D eigenvalue weighted by Gasteiger charge is -2.34. The molecule has 0 spiro atoms. The van der Waals surface area contributed by atoms with Crippen LogP contribution >= 0.6 is 0 Å². The van der Waals surface area contributed by atoms with Crippen LogP contribution < -0.4 is 4.74 Å². The van der Waals surface area contributed by atoms with Crippen molar-refractivity contribution in [2.75, 3.05) is 11.5 Å². The Hall–Kier alpha value is -2.62. The van der Waals surface area contributed by atoms with Gasteiger partial charge in [0, 0.05) is 24.7 Å². The van der Waals surface area contributed by atoms with Crippen LogP contribution in [0, 0.1) is 12.8 Å². The third-order valence-corrected chi connectivity index (χ3v) is 7.11. The number of fused-ring (bicyclic) bond motifs is 1. The number of hydrogen-bond donors (Lipinski definition) is 0. The van der Waals surface area contributed by atoms with Crippen LogP contribution in [0.3, 0.4) is 0 Å². The van der Waals surface area contributed by atoms with Crippen molar-refractivity contribution in [1.29, 1.82) is 0 Å². The van der Waals surface area contributed by atoms with Crippen molar-refractivity contribution in [3.05, 3.63) is 24.5 Å². The Bertz CT molecular complexity index is 1120. The van der Waals surface area contributed by atoms with E-state index in [1.807, 2.05) is 18.4 Å². The van der Waals surface area contributed by atoms with Crippen molar-refractivity contribution in [3.8, 4) is 17.3 Å². The monoisotopic (exact) mass is 416 g/mol. The Balaban J connectivity index is 1.58. The predicted molar refractivity (Wildman–Crippen MR) is 108 cm³/mol. The fraction of sp³-hybridized carbons (Fsp3) is 0.526. The Kier molecular flexibility index (Phi) is 5.20. The lowest BCUT2D eigenvalue weighted by atomic mass is 9.84. The van der Waals surface area contributed by atoms with Gasteiger partial charge < -0.3 is 9.30 Å². The summed E-state index contributed by atoms with van der Waals surface area (Å²) < 4.78 is 31.6. The molecule has 1 fully saturated rings. The maximum absolute atomic E-state index is 11.8. The van der Waals surface area contributed by atoms with E-state index in [0.717, 1.165) is 5.56 Å². The largest absolute Gasteiger partial charge is 0.473 e. The molecule has 1 aliphatic rings. The van der Waals surface area contributed by atoms with Gasteiger partial charge in [0.25, 0.3) is 0 Å². The SMILES string of the molecule is CCn1c(-c2cnc(C)nc2)nc2c(OC3CC(CS(=O)(=O)CC)C3)ncnc21. The smallest absolute Gasteiger partial charge is 0.245 e. The van der Waals surface area contributed by atoms with E-state index in [-0.39, 0.29) is 23.5 Å². The molecule has 0 aromatic carbocycles. The molecule has 9 nitrogen and oxygen atoms in total. The van der Waals surface area contributed by atoms with Crippen LogP contribution in [0.25, 0.3) is 22.6 Å². The first-order valence-electron chi connectivity index (χ1n) is 9.77. The zero-order valence-corrected chi connectivity index (χ0v) is 17.6. The Morgan fingerprint density at radius 1 is 1.14 bits per heavy atom. The molecule has 0 bridgehead atoms. The van der Waals surface area contributed by atoms with E-state index in [2.05, 4.69) is 19.9 Å². The molecular weight excluding hydrogens is 392 g/mol. The van der Waals surface area contributed by atoms with Crippen LogP contribution in [0.15, 0.2) is 18.7 Å². The number of imidazole rings is 1. The Morgan fingerprint density at radius 3 is 2.52 bits per heavy atom. The molecule has 3 heterocycles. The number of hydrogen-bond acceptors (Lipinski definition) is 8. The molecule has 10 heteroatoms. The normalized spacial score (nSPS) is 19.3. The van der Waals surface area contributed by atoms with E-state index in [1.165, 1.54) is 6.33 Å². The molecule has 0 unspecified atom stereocenters. The quantitative estimate of drug-likeness (QED) is 0.576. The summed E-state index contributed by atoms with van der Waals surface area (Å²) in [5, 5.41) is 0. The lowest BCUT2D eigenvalue weighted by Crippen LogP contribution is -2.38. The van der Waals surface area contributed by atoms with Gasteiger partial charge in [-0.2, -0.15) is 4.98 Å². The van der Waals surface area contributed by atoms with Gasteiger partial charge in [0.1, 0.15) is 33.9 Å². The maximum Gasteiger partial charge on any atom is 0.245 e. The fourth-order valence-electron chi connectivity index (χ4n) is 3.57. The zero-order chi connectivity index (χ0) is 20.6. The summed E-state index contributed by atoms with van der Waals surface area (Å²) in [5.74, 6) is 2.40. The van der Waals surface area contributed by atoms with Crippen LogP contribution in [-0.4, -0.2) is 55.5 Å². The van der Waals surface area contributed by atoms with Gasteiger partial charge in [0.15, 0.2) is 11.2 Å². The second kappa shape index (κ2) is 7.66. The van der Waals surface area contributed by atoms with Crippen molar-refractivity contribution >= 4 is 21.0 Å². The standard InChI is InChI=1S/C19H24N6O3S/c1-4-25-17(14-8-20-12(3)21-9-14)24-16-18(25)22-11-23-19(16)28-15-6-13(7-15)10-29(26,27)5-2/h8-9,11,13,15H,4-7,10H2,1-3H3. The van der Waals surface area contributed by atoms with E-state index < -0.39 is 9.84 Å². The van der Waals surface area contributed by atoms with Gasteiger partial charge in [-0.1, -0.05) is 6.92 Å². The highest BCUT2D eigenvalue weighted by molar-refractivity contribution is 7.91. The predicted octanol–water partition coefficient (Wildman–Crippen LogP) is 2.20. The topological polar surface area (TPSA) is 113 Å². The summed E-state index contributed by atoms with van der Waals surface area (Å²) in [4.78, 5) is 21.9. The second-order valence-electron chi connectivity index (χ2n) is 7.33. The molecule has 0 N–H and O–H groups in total. The minimum absolute atomic E-state index is 0.0527. The highest BCUT2D eigenvalue weighted by Gasteiger charge is 2.34.